The average Bonchev–Trinajstić information content (AvgIpc) is 3.22. The molecule has 9 heteroatoms. The number of carbonyl (C=O) groups is 2. The molecule has 1 aromatic carbocycles. The number of benzene rings is 1. The molecule has 0 atom stereocenters. The third kappa shape index (κ3) is 3.59. The van der Waals surface area contributed by atoms with Crippen molar-refractivity contribution in [3.8, 4) is 11.4 Å². The van der Waals surface area contributed by atoms with Crippen LogP contribution in [0.15, 0.2) is 24.4 Å². The first kappa shape index (κ1) is 21.5. The Bertz CT molecular complexity index is 1390. The quantitative estimate of drug-likeness (QED) is 0.485. The lowest BCUT2D eigenvalue weighted by molar-refractivity contribution is -0.156. The summed E-state index contributed by atoms with van der Waals surface area (Å²) in [6.07, 6.45) is 1.39. The van der Waals surface area contributed by atoms with Gasteiger partial charge in [0.05, 0.1) is 16.6 Å². The Morgan fingerprint density at radius 2 is 1.84 bits per heavy atom. The molecule has 3 aromatic heterocycles. The second-order valence-corrected chi connectivity index (χ2v) is 8.95. The molecule has 0 aliphatic rings. The number of aryl methyl sites for hydroxylation is 3. The Hall–Kier alpha value is -3.75. The number of carbonyl (C=O) groups excluding carboxylic acids is 1. The highest BCUT2D eigenvalue weighted by Crippen LogP contribution is 2.31. The maximum atomic E-state index is 12.2. The number of aromatic carboxylic acids is 1. The van der Waals surface area contributed by atoms with E-state index in [9.17, 15) is 14.7 Å². The summed E-state index contributed by atoms with van der Waals surface area (Å²) in [4.78, 5) is 33.4. The molecule has 0 spiro atoms. The Balaban J connectivity index is 1.86. The van der Waals surface area contributed by atoms with Crippen LogP contribution in [0.5, 0.6) is 0 Å². The molecule has 0 aliphatic heterocycles. The molecular formula is C23H25N5O4. The van der Waals surface area contributed by atoms with Crippen molar-refractivity contribution in [2.45, 2.75) is 41.3 Å². The van der Waals surface area contributed by atoms with E-state index in [0.29, 0.717) is 22.7 Å². The first-order valence-corrected chi connectivity index (χ1v) is 10.2. The maximum Gasteiger partial charge on any atom is 0.339 e. The highest BCUT2D eigenvalue weighted by Gasteiger charge is 2.25. The van der Waals surface area contributed by atoms with Gasteiger partial charge >= 0.3 is 11.9 Å². The standard InChI is InChI=1S/C23H25N5O4/c1-12-7-8-14-16(9-12)27(6)26-18(14)17-13(2)24-20-19(25-17)15(21(29)30)10-28(20)11-32-22(31)23(3,4)5/h7-10H,11H2,1-6H3,(H,29,30). The lowest BCUT2D eigenvalue weighted by Gasteiger charge is -2.17. The first-order valence-electron chi connectivity index (χ1n) is 10.2. The van der Waals surface area contributed by atoms with E-state index in [2.05, 4.69) is 15.1 Å². The van der Waals surface area contributed by atoms with Gasteiger partial charge in [0.2, 0.25) is 0 Å². The van der Waals surface area contributed by atoms with Crippen LogP contribution < -0.4 is 0 Å². The lowest BCUT2D eigenvalue weighted by Crippen LogP contribution is -2.24. The molecular weight excluding hydrogens is 410 g/mol. The largest absolute Gasteiger partial charge is 0.478 e. The number of hydrogen-bond acceptors (Lipinski definition) is 6. The van der Waals surface area contributed by atoms with Crippen LogP contribution in [0.1, 0.15) is 42.4 Å². The fraction of sp³-hybridized carbons (Fsp3) is 0.348. The zero-order chi connectivity index (χ0) is 23.4. The van der Waals surface area contributed by atoms with Crippen molar-refractivity contribution in [1.82, 2.24) is 24.3 Å². The number of fused-ring (bicyclic) bond motifs is 2. The van der Waals surface area contributed by atoms with Crippen molar-refractivity contribution in [3.05, 3.63) is 41.2 Å². The van der Waals surface area contributed by atoms with Crippen molar-refractivity contribution in [2.75, 3.05) is 0 Å². The van der Waals surface area contributed by atoms with E-state index in [1.54, 1.807) is 32.4 Å². The monoisotopic (exact) mass is 435 g/mol. The van der Waals surface area contributed by atoms with Gasteiger partial charge in [-0.25, -0.2) is 14.8 Å². The normalized spacial score (nSPS) is 11.9. The minimum Gasteiger partial charge on any atom is -0.478 e. The average molecular weight is 435 g/mol. The van der Waals surface area contributed by atoms with E-state index in [0.717, 1.165) is 16.5 Å². The van der Waals surface area contributed by atoms with Gasteiger partial charge in [0.1, 0.15) is 22.5 Å². The van der Waals surface area contributed by atoms with Crippen LogP contribution >= 0.6 is 0 Å². The van der Waals surface area contributed by atoms with Gasteiger partial charge in [-0.05, 0) is 46.2 Å². The second-order valence-electron chi connectivity index (χ2n) is 8.95. The Morgan fingerprint density at radius 1 is 1.12 bits per heavy atom. The van der Waals surface area contributed by atoms with Gasteiger partial charge in [-0.3, -0.25) is 14.0 Å². The number of aromatic nitrogens is 5. The molecule has 4 aromatic rings. The molecule has 0 saturated carbocycles. The third-order valence-corrected chi connectivity index (χ3v) is 5.27. The lowest BCUT2D eigenvalue weighted by atomic mass is 9.98. The number of carboxylic acid groups (broad SMARTS) is 1. The van der Waals surface area contributed by atoms with Gasteiger partial charge in [-0.15, -0.1) is 0 Å². The van der Waals surface area contributed by atoms with Crippen molar-refractivity contribution >= 4 is 34.0 Å². The maximum absolute atomic E-state index is 12.2. The second kappa shape index (κ2) is 7.44. The number of nitrogens with zero attached hydrogens (tertiary/aromatic N) is 5. The van der Waals surface area contributed by atoms with Crippen LogP contribution in [0, 0.1) is 19.3 Å². The van der Waals surface area contributed by atoms with Crippen molar-refractivity contribution in [3.63, 3.8) is 0 Å². The molecule has 1 N–H and O–H groups in total. The summed E-state index contributed by atoms with van der Waals surface area (Å²) in [5.41, 5.74) is 3.67. The minimum atomic E-state index is -1.14. The zero-order valence-corrected chi connectivity index (χ0v) is 18.9. The molecule has 0 bridgehead atoms. The Labute approximate surface area is 184 Å². The van der Waals surface area contributed by atoms with Crippen LogP contribution in [0.25, 0.3) is 33.5 Å². The van der Waals surface area contributed by atoms with E-state index >= 15 is 0 Å². The molecule has 0 aliphatic carbocycles. The predicted octanol–water partition coefficient (Wildman–Crippen LogP) is 3.85. The topological polar surface area (TPSA) is 112 Å². The fourth-order valence-corrected chi connectivity index (χ4v) is 3.53. The van der Waals surface area contributed by atoms with Gasteiger partial charge in [0.15, 0.2) is 12.4 Å². The van der Waals surface area contributed by atoms with Gasteiger partial charge < -0.3 is 9.84 Å². The highest BCUT2D eigenvalue weighted by atomic mass is 16.5. The molecule has 32 heavy (non-hydrogen) atoms. The molecule has 0 unspecified atom stereocenters. The molecule has 9 nitrogen and oxygen atoms in total. The van der Waals surface area contributed by atoms with Crippen LogP contribution in [0.2, 0.25) is 0 Å². The van der Waals surface area contributed by atoms with Crippen molar-refractivity contribution in [2.24, 2.45) is 12.5 Å². The van der Waals surface area contributed by atoms with Crippen LogP contribution in [-0.4, -0.2) is 41.4 Å². The van der Waals surface area contributed by atoms with Gasteiger partial charge in [-0.1, -0.05) is 12.1 Å². The molecule has 3 heterocycles. The summed E-state index contributed by atoms with van der Waals surface area (Å²) in [6, 6.07) is 6.01. The summed E-state index contributed by atoms with van der Waals surface area (Å²) >= 11 is 0. The van der Waals surface area contributed by atoms with Gasteiger partial charge in [0, 0.05) is 18.6 Å². The smallest absolute Gasteiger partial charge is 0.339 e. The number of rotatable bonds is 4. The fourth-order valence-electron chi connectivity index (χ4n) is 3.53. The Kier molecular flexibility index (Phi) is 4.99. The van der Waals surface area contributed by atoms with Gasteiger partial charge in [0.25, 0.3) is 0 Å². The molecule has 0 amide bonds. The van der Waals surface area contributed by atoms with Crippen LogP contribution in [0.3, 0.4) is 0 Å². The molecule has 0 saturated heterocycles. The highest BCUT2D eigenvalue weighted by molar-refractivity contribution is 6.02. The number of ether oxygens (including phenoxy) is 1. The van der Waals surface area contributed by atoms with E-state index in [1.807, 2.05) is 32.2 Å². The summed E-state index contributed by atoms with van der Waals surface area (Å²) in [6.45, 7) is 8.91. The molecule has 166 valence electrons. The summed E-state index contributed by atoms with van der Waals surface area (Å²) in [7, 11) is 1.86. The number of esters is 1. The van der Waals surface area contributed by atoms with E-state index < -0.39 is 17.4 Å². The number of hydrogen-bond donors (Lipinski definition) is 1. The van der Waals surface area contributed by atoms with E-state index in [4.69, 9.17) is 4.74 Å². The van der Waals surface area contributed by atoms with Crippen LogP contribution in [-0.2, 0) is 23.3 Å². The summed E-state index contributed by atoms with van der Waals surface area (Å²) < 4.78 is 8.64. The third-order valence-electron chi connectivity index (χ3n) is 5.27. The van der Waals surface area contributed by atoms with Gasteiger partial charge in [-0.2, -0.15) is 5.10 Å². The van der Waals surface area contributed by atoms with E-state index in [1.165, 1.54) is 10.8 Å². The van der Waals surface area contributed by atoms with Crippen molar-refractivity contribution < 1.29 is 19.4 Å². The van der Waals surface area contributed by atoms with Crippen LogP contribution in [0.4, 0.5) is 0 Å². The summed E-state index contributed by atoms with van der Waals surface area (Å²) in [5.74, 6) is -1.53. The molecule has 0 radical (unpaired) electrons. The zero-order valence-electron chi connectivity index (χ0n) is 18.9. The molecule has 4 rings (SSSR count). The minimum absolute atomic E-state index is 0.0170. The number of carboxylic acids is 1. The first-order chi connectivity index (χ1) is 15.0. The Morgan fingerprint density at radius 3 is 2.50 bits per heavy atom. The molecule has 0 fully saturated rings. The SMILES string of the molecule is Cc1ccc2c(-c3nc4c(C(=O)O)cn(COC(=O)C(C)(C)C)c4nc3C)nn(C)c2c1. The summed E-state index contributed by atoms with van der Waals surface area (Å²) in [5, 5.41) is 15.3. The predicted molar refractivity (Wildman–Crippen MR) is 119 cm³/mol. The van der Waals surface area contributed by atoms with Crippen molar-refractivity contribution in [1.29, 1.82) is 0 Å². The van der Waals surface area contributed by atoms with E-state index in [-0.39, 0.29) is 17.8 Å².